The molecule has 2 nitrogen and oxygen atoms in total. The molecule has 3 heteroatoms. The number of benzene rings is 3. The smallest absolute Gasteiger partial charge is 0.0494 e. The Hall–Kier alpha value is -2.49. The molecule has 0 atom stereocenters. The number of rotatable bonds is 6. The van der Waals surface area contributed by atoms with E-state index in [0.717, 1.165) is 25.3 Å². The maximum absolute atomic E-state index is 5.70. The summed E-state index contributed by atoms with van der Waals surface area (Å²) >= 11 is 1.92. The highest BCUT2D eigenvalue weighted by Crippen LogP contribution is 2.48. The second-order valence-electron chi connectivity index (χ2n) is 7.03. The van der Waals surface area contributed by atoms with Crippen LogP contribution in [0.4, 0.5) is 11.4 Å². The molecule has 3 aromatic rings. The minimum atomic E-state index is 0.744. The summed E-state index contributed by atoms with van der Waals surface area (Å²) in [6.07, 6.45) is 1.04. The first kappa shape index (κ1) is 18.9. The van der Waals surface area contributed by atoms with Crippen LogP contribution in [0, 0.1) is 0 Å². The van der Waals surface area contributed by atoms with Gasteiger partial charge in [0.2, 0.25) is 0 Å². The topological polar surface area (TPSA) is 29.3 Å². The number of allylic oxidation sites excluding steroid dienone is 1. The molecule has 0 fully saturated rings. The van der Waals surface area contributed by atoms with Gasteiger partial charge in [0.1, 0.15) is 0 Å². The van der Waals surface area contributed by atoms with Gasteiger partial charge in [-0.2, -0.15) is 0 Å². The fraction of sp³-hybridized carbons (Fsp3) is 0.200. The van der Waals surface area contributed by atoms with Crippen LogP contribution in [0.2, 0.25) is 0 Å². The highest BCUT2D eigenvalue weighted by atomic mass is 32.2. The van der Waals surface area contributed by atoms with Crippen molar-refractivity contribution in [2.75, 3.05) is 17.2 Å². The molecule has 0 aromatic heterocycles. The van der Waals surface area contributed by atoms with Gasteiger partial charge in [0.15, 0.2) is 0 Å². The van der Waals surface area contributed by atoms with E-state index in [1.807, 2.05) is 11.8 Å². The van der Waals surface area contributed by atoms with Crippen molar-refractivity contribution < 1.29 is 0 Å². The number of anilines is 2. The van der Waals surface area contributed by atoms with E-state index in [1.165, 1.54) is 38.5 Å². The first-order valence-corrected chi connectivity index (χ1v) is 10.8. The molecule has 4 rings (SSSR count). The Labute approximate surface area is 172 Å². The Morgan fingerprint density at radius 3 is 2.00 bits per heavy atom. The summed E-state index contributed by atoms with van der Waals surface area (Å²) in [5.74, 6) is 1.06. The molecule has 0 unspecified atom stereocenters. The molecule has 0 amide bonds. The standard InChI is InChI=1S/C25H26N2S/c1-19(28-17-9-16-26)25-21-12-5-7-14-23(21)27(18-20-10-3-2-4-11-20)24-15-8-6-13-22(24)25/h2-8,10-15H,9,16-18,26H2,1H3. The molecule has 3 aromatic carbocycles. The van der Waals surface area contributed by atoms with E-state index < -0.39 is 0 Å². The monoisotopic (exact) mass is 386 g/mol. The zero-order valence-corrected chi connectivity index (χ0v) is 17.1. The lowest BCUT2D eigenvalue weighted by Crippen LogP contribution is -2.22. The van der Waals surface area contributed by atoms with Crippen molar-refractivity contribution >= 4 is 28.7 Å². The third-order valence-corrected chi connectivity index (χ3v) is 6.26. The molecule has 1 aliphatic rings. The quantitative estimate of drug-likeness (QED) is 0.511. The van der Waals surface area contributed by atoms with E-state index in [4.69, 9.17) is 5.73 Å². The fourth-order valence-electron chi connectivity index (χ4n) is 3.81. The van der Waals surface area contributed by atoms with Gasteiger partial charge in [-0.3, -0.25) is 0 Å². The molecule has 0 radical (unpaired) electrons. The van der Waals surface area contributed by atoms with Crippen molar-refractivity contribution in [2.24, 2.45) is 5.73 Å². The fourth-order valence-corrected chi connectivity index (χ4v) is 4.79. The summed E-state index contributed by atoms with van der Waals surface area (Å²) in [7, 11) is 0. The lowest BCUT2D eigenvalue weighted by Gasteiger charge is -2.35. The van der Waals surface area contributed by atoms with Gasteiger partial charge in [-0.05, 0) is 48.2 Å². The Balaban J connectivity index is 1.83. The molecule has 0 bridgehead atoms. The van der Waals surface area contributed by atoms with Crippen LogP contribution in [0.15, 0.2) is 83.8 Å². The van der Waals surface area contributed by atoms with Crippen molar-refractivity contribution in [1.29, 1.82) is 0 Å². The SMILES string of the molecule is CC(SCCCN)=C1c2ccccc2N(Cc2ccccc2)c2ccccc21. The number of thioether (sulfide) groups is 1. The van der Waals surface area contributed by atoms with Crippen LogP contribution < -0.4 is 10.6 Å². The van der Waals surface area contributed by atoms with Crippen LogP contribution in [0.25, 0.3) is 5.57 Å². The summed E-state index contributed by atoms with van der Waals surface area (Å²) in [5.41, 5.74) is 13.6. The summed E-state index contributed by atoms with van der Waals surface area (Å²) in [6.45, 7) is 3.85. The molecule has 1 aliphatic heterocycles. The highest BCUT2D eigenvalue weighted by Gasteiger charge is 2.27. The van der Waals surface area contributed by atoms with Gasteiger partial charge in [0.05, 0.1) is 0 Å². The summed E-state index contributed by atoms with van der Waals surface area (Å²) < 4.78 is 0. The first-order valence-electron chi connectivity index (χ1n) is 9.83. The molecule has 1 heterocycles. The van der Waals surface area contributed by atoms with Gasteiger partial charge in [-0.25, -0.2) is 0 Å². The van der Waals surface area contributed by atoms with Gasteiger partial charge >= 0.3 is 0 Å². The molecule has 28 heavy (non-hydrogen) atoms. The summed E-state index contributed by atoms with van der Waals surface area (Å²) in [6, 6.07) is 28.3. The summed E-state index contributed by atoms with van der Waals surface area (Å²) in [5, 5.41) is 0. The number of fused-ring (bicyclic) bond motifs is 2. The maximum atomic E-state index is 5.70. The molecular weight excluding hydrogens is 360 g/mol. The van der Waals surface area contributed by atoms with Crippen LogP contribution in [0.3, 0.4) is 0 Å². The largest absolute Gasteiger partial charge is 0.336 e. The minimum Gasteiger partial charge on any atom is -0.336 e. The van der Waals surface area contributed by atoms with Crippen molar-refractivity contribution in [3.05, 3.63) is 100 Å². The van der Waals surface area contributed by atoms with Crippen molar-refractivity contribution in [1.82, 2.24) is 0 Å². The Morgan fingerprint density at radius 1 is 0.821 bits per heavy atom. The lowest BCUT2D eigenvalue weighted by atomic mass is 9.89. The van der Waals surface area contributed by atoms with Gasteiger partial charge in [0, 0.05) is 34.6 Å². The molecule has 2 N–H and O–H groups in total. The van der Waals surface area contributed by atoms with Crippen LogP contribution in [-0.2, 0) is 6.54 Å². The Bertz CT molecular complexity index is 929. The molecule has 0 aliphatic carbocycles. The average Bonchev–Trinajstić information content (AvgIpc) is 2.74. The number of nitrogens with zero attached hydrogens (tertiary/aromatic N) is 1. The maximum Gasteiger partial charge on any atom is 0.0494 e. The summed E-state index contributed by atoms with van der Waals surface area (Å²) in [4.78, 5) is 3.81. The van der Waals surface area contributed by atoms with Gasteiger partial charge in [-0.15, -0.1) is 11.8 Å². The molecule has 142 valence electrons. The number of nitrogens with two attached hydrogens (primary N) is 1. The molecule has 0 spiro atoms. The Morgan fingerprint density at radius 2 is 1.39 bits per heavy atom. The number of hydrogen-bond acceptors (Lipinski definition) is 3. The van der Waals surface area contributed by atoms with Crippen molar-refractivity contribution in [3.8, 4) is 0 Å². The van der Waals surface area contributed by atoms with Crippen LogP contribution in [0.5, 0.6) is 0 Å². The van der Waals surface area contributed by atoms with Gasteiger partial charge < -0.3 is 10.6 Å². The Kier molecular flexibility index (Phi) is 5.84. The van der Waals surface area contributed by atoms with E-state index in [-0.39, 0.29) is 0 Å². The third-order valence-electron chi connectivity index (χ3n) is 5.13. The van der Waals surface area contributed by atoms with Crippen LogP contribution >= 0.6 is 11.8 Å². The second kappa shape index (κ2) is 8.68. The zero-order chi connectivity index (χ0) is 19.3. The predicted octanol–water partition coefficient (Wildman–Crippen LogP) is 6.20. The van der Waals surface area contributed by atoms with E-state index >= 15 is 0 Å². The molecule has 0 saturated heterocycles. The second-order valence-corrected chi connectivity index (χ2v) is 8.34. The minimum absolute atomic E-state index is 0.744. The molecule has 0 saturated carbocycles. The van der Waals surface area contributed by atoms with Crippen molar-refractivity contribution in [2.45, 2.75) is 19.9 Å². The van der Waals surface area contributed by atoms with E-state index in [0.29, 0.717) is 0 Å². The predicted molar refractivity (Wildman–Crippen MR) is 123 cm³/mol. The average molecular weight is 387 g/mol. The normalized spacial score (nSPS) is 12.5. The van der Waals surface area contributed by atoms with E-state index in [2.05, 4.69) is 90.7 Å². The zero-order valence-electron chi connectivity index (χ0n) is 16.3. The molecular formula is C25H26N2S. The first-order chi connectivity index (χ1) is 13.8. The van der Waals surface area contributed by atoms with E-state index in [1.54, 1.807) is 0 Å². The van der Waals surface area contributed by atoms with Crippen LogP contribution in [-0.4, -0.2) is 12.3 Å². The number of para-hydroxylation sites is 2. The lowest BCUT2D eigenvalue weighted by molar-refractivity contribution is 0.944. The van der Waals surface area contributed by atoms with E-state index in [9.17, 15) is 0 Å². The number of hydrogen-bond donors (Lipinski definition) is 1. The van der Waals surface area contributed by atoms with Crippen LogP contribution in [0.1, 0.15) is 30.0 Å². The highest BCUT2D eigenvalue weighted by molar-refractivity contribution is 8.03. The van der Waals surface area contributed by atoms with Crippen molar-refractivity contribution in [3.63, 3.8) is 0 Å². The third kappa shape index (κ3) is 3.73. The van der Waals surface area contributed by atoms with Gasteiger partial charge in [-0.1, -0.05) is 66.7 Å². The van der Waals surface area contributed by atoms with Gasteiger partial charge in [0.25, 0.3) is 0 Å².